The molecule has 0 spiro atoms. The molecule has 1 aromatic carbocycles. The van der Waals surface area contributed by atoms with E-state index in [9.17, 15) is 4.79 Å². The van der Waals surface area contributed by atoms with Crippen LogP contribution in [0.5, 0.6) is 0 Å². The Labute approximate surface area is 130 Å². The summed E-state index contributed by atoms with van der Waals surface area (Å²) in [5, 5.41) is 2.06. The maximum absolute atomic E-state index is 12.5. The van der Waals surface area contributed by atoms with Crippen LogP contribution in [0.15, 0.2) is 47.8 Å². The van der Waals surface area contributed by atoms with E-state index in [1.54, 1.807) is 16.2 Å². The molecular formula is C17H22N2OS. The maximum atomic E-state index is 12.5. The molecule has 0 saturated heterocycles. The van der Waals surface area contributed by atoms with Gasteiger partial charge in [-0.15, -0.1) is 11.3 Å². The second-order valence-electron chi connectivity index (χ2n) is 5.31. The zero-order valence-corrected chi connectivity index (χ0v) is 13.3. The molecule has 0 bridgehead atoms. The number of carbonyl (C=O) groups is 1. The van der Waals surface area contributed by atoms with Crippen molar-refractivity contribution in [2.45, 2.75) is 19.4 Å². The summed E-state index contributed by atoms with van der Waals surface area (Å²) in [4.78, 5) is 15.6. The summed E-state index contributed by atoms with van der Waals surface area (Å²) in [5.74, 6) is -0.122. The summed E-state index contributed by atoms with van der Waals surface area (Å²) in [6.45, 7) is 2.63. The Morgan fingerprint density at radius 2 is 1.95 bits per heavy atom. The smallest absolute Gasteiger partial charge is 0.227 e. The van der Waals surface area contributed by atoms with Crippen molar-refractivity contribution in [3.8, 4) is 0 Å². The van der Waals surface area contributed by atoms with Crippen LogP contribution in [0.1, 0.15) is 23.4 Å². The van der Waals surface area contributed by atoms with Crippen molar-refractivity contribution in [2.24, 2.45) is 11.7 Å². The van der Waals surface area contributed by atoms with Crippen LogP contribution in [0.4, 0.5) is 0 Å². The summed E-state index contributed by atoms with van der Waals surface area (Å²) in [5.41, 5.74) is 7.23. The van der Waals surface area contributed by atoms with E-state index in [4.69, 9.17) is 5.73 Å². The van der Waals surface area contributed by atoms with Gasteiger partial charge < -0.3 is 10.6 Å². The molecular weight excluding hydrogens is 280 g/mol. The lowest BCUT2D eigenvalue weighted by Crippen LogP contribution is -2.38. The molecule has 112 valence electrons. The minimum absolute atomic E-state index is 0.0999. The third-order valence-electron chi connectivity index (χ3n) is 3.76. The van der Waals surface area contributed by atoms with Crippen molar-refractivity contribution < 1.29 is 4.79 Å². The van der Waals surface area contributed by atoms with Crippen LogP contribution in [0, 0.1) is 5.92 Å². The summed E-state index contributed by atoms with van der Waals surface area (Å²) in [7, 11) is 1.85. The molecule has 0 aliphatic heterocycles. The van der Waals surface area contributed by atoms with E-state index in [1.807, 2.05) is 50.4 Å². The summed E-state index contributed by atoms with van der Waals surface area (Å²) in [6.07, 6.45) is 0.896. The number of nitrogens with two attached hydrogens (primary N) is 1. The van der Waals surface area contributed by atoms with Gasteiger partial charge in [-0.3, -0.25) is 4.79 Å². The highest BCUT2D eigenvalue weighted by molar-refractivity contribution is 7.09. The molecule has 0 aliphatic carbocycles. The molecule has 1 amide bonds. The Hall–Kier alpha value is -1.65. The zero-order valence-electron chi connectivity index (χ0n) is 12.5. The summed E-state index contributed by atoms with van der Waals surface area (Å²) in [6, 6.07) is 13.7. The second-order valence-corrected chi connectivity index (χ2v) is 6.35. The highest BCUT2D eigenvalue weighted by Gasteiger charge is 2.24. The Morgan fingerprint density at radius 1 is 1.24 bits per heavy atom. The first-order chi connectivity index (χ1) is 10.1. The first-order valence-electron chi connectivity index (χ1n) is 7.17. The Balaban J connectivity index is 1.91. The van der Waals surface area contributed by atoms with Crippen LogP contribution in [-0.4, -0.2) is 24.4 Å². The molecule has 1 heterocycles. The molecule has 2 N–H and O–H groups in total. The van der Waals surface area contributed by atoms with Gasteiger partial charge in [0.05, 0.1) is 5.92 Å². The number of carbonyl (C=O) groups excluding carboxylic acids is 1. The maximum Gasteiger partial charge on any atom is 0.227 e. The van der Waals surface area contributed by atoms with Gasteiger partial charge >= 0.3 is 0 Å². The number of nitrogens with zero attached hydrogens (tertiary/aromatic N) is 1. The Morgan fingerprint density at radius 3 is 2.57 bits per heavy atom. The van der Waals surface area contributed by atoms with Crippen LogP contribution >= 0.6 is 11.3 Å². The van der Waals surface area contributed by atoms with Crippen LogP contribution in [0.3, 0.4) is 0 Å². The first-order valence-corrected chi connectivity index (χ1v) is 8.05. The number of thiophene rings is 1. The third-order valence-corrected chi connectivity index (χ3v) is 4.70. The molecule has 0 saturated carbocycles. The molecule has 2 atom stereocenters. The van der Waals surface area contributed by atoms with Gasteiger partial charge in [0.25, 0.3) is 0 Å². The van der Waals surface area contributed by atoms with Gasteiger partial charge in [-0.05, 0) is 23.4 Å². The standard InChI is InChI=1S/C17H22N2OS/c1-13(16(18)14-7-4-3-5-8-14)17(20)19(2)11-10-15-9-6-12-21-15/h3-9,12-13,16H,10-11,18H2,1-2H3. The van der Waals surface area contributed by atoms with Gasteiger partial charge in [0.15, 0.2) is 0 Å². The number of hydrogen-bond acceptors (Lipinski definition) is 3. The quantitative estimate of drug-likeness (QED) is 0.891. The lowest BCUT2D eigenvalue weighted by molar-refractivity contribution is -0.134. The molecule has 3 nitrogen and oxygen atoms in total. The Bertz CT molecular complexity index is 553. The molecule has 0 fully saturated rings. The van der Waals surface area contributed by atoms with Crippen molar-refractivity contribution in [1.29, 1.82) is 0 Å². The minimum atomic E-state index is -0.261. The normalized spacial score (nSPS) is 13.7. The topological polar surface area (TPSA) is 46.3 Å². The van der Waals surface area contributed by atoms with Gasteiger partial charge in [-0.25, -0.2) is 0 Å². The summed E-state index contributed by atoms with van der Waals surface area (Å²) < 4.78 is 0. The highest BCUT2D eigenvalue weighted by Crippen LogP contribution is 2.21. The Kier molecular flexibility index (Phi) is 5.53. The molecule has 0 aliphatic rings. The van der Waals surface area contributed by atoms with Crippen molar-refractivity contribution in [3.05, 3.63) is 58.3 Å². The van der Waals surface area contributed by atoms with Gasteiger partial charge in [0.1, 0.15) is 0 Å². The van der Waals surface area contributed by atoms with Gasteiger partial charge in [0.2, 0.25) is 5.91 Å². The largest absolute Gasteiger partial charge is 0.345 e. The van der Waals surface area contributed by atoms with Crippen LogP contribution < -0.4 is 5.73 Å². The monoisotopic (exact) mass is 302 g/mol. The van der Waals surface area contributed by atoms with E-state index in [0.29, 0.717) is 0 Å². The molecule has 21 heavy (non-hydrogen) atoms. The van der Waals surface area contributed by atoms with E-state index in [1.165, 1.54) is 4.88 Å². The highest BCUT2D eigenvalue weighted by atomic mass is 32.1. The van der Waals surface area contributed by atoms with Gasteiger partial charge in [-0.2, -0.15) is 0 Å². The van der Waals surface area contributed by atoms with E-state index in [0.717, 1.165) is 18.5 Å². The van der Waals surface area contributed by atoms with Crippen molar-refractivity contribution >= 4 is 17.2 Å². The molecule has 1 aromatic heterocycles. The van der Waals surface area contributed by atoms with Gasteiger partial charge in [-0.1, -0.05) is 43.3 Å². The van der Waals surface area contributed by atoms with Crippen molar-refractivity contribution in [3.63, 3.8) is 0 Å². The van der Waals surface area contributed by atoms with Crippen LogP contribution in [0.25, 0.3) is 0 Å². The number of amides is 1. The number of hydrogen-bond donors (Lipinski definition) is 1. The fraction of sp³-hybridized carbons (Fsp3) is 0.353. The fourth-order valence-corrected chi connectivity index (χ4v) is 3.01. The molecule has 4 heteroatoms. The van der Waals surface area contributed by atoms with Crippen LogP contribution in [0.2, 0.25) is 0 Å². The first kappa shape index (κ1) is 15.7. The van der Waals surface area contributed by atoms with E-state index in [2.05, 4.69) is 11.4 Å². The zero-order chi connectivity index (χ0) is 15.2. The predicted octanol–water partition coefficient (Wildman–Crippen LogP) is 3.09. The molecule has 2 rings (SSSR count). The van der Waals surface area contributed by atoms with E-state index >= 15 is 0 Å². The number of benzene rings is 1. The van der Waals surface area contributed by atoms with E-state index in [-0.39, 0.29) is 17.9 Å². The number of likely N-dealkylation sites (N-methyl/N-ethyl adjacent to an activating group) is 1. The SMILES string of the molecule is CC(C(=O)N(C)CCc1cccs1)C(N)c1ccccc1. The van der Waals surface area contributed by atoms with E-state index < -0.39 is 0 Å². The third kappa shape index (κ3) is 4.16. The lowest BCUT2D eigenvalue weighted by atomic mass is 9.94. The fourth-order valence-electron chi connectivity index (χ4n) is 2.31. The molecule has 2 unspecified atom stereocenters. The molecule has 0 radical (unpaired) electrons. The lowest BCUT2D eigenvalue weighted by Gasteiger charge is -2.25. The number of rotatable bonds is 6. The second kappa shape index (κ2) is 7.38. The average Bonchev–Trinajstić information content (AvgIpc) is 3.04. The minimum Gasteiger partial charge on any atom is -0.345 e. The molecule has 2 aromatic rings. The van der Waals surface area contributed by atoms with Crippen LogP contribution in [-0.2, 0) is 11.2 Å². The van der Waals surface area contributed by atoms with Gasteiger partial charge in [0, 0.05) is 24.5 Å². The average molecular weight is 302 g/mol. The van der Waals surface area contributed by atoms with Crippen molar-refractivity contribution in [1.82, 2.24) is 4.90 Å². The van der Waals surface area contributed by atoms with Crippen molar-refractivity contribution in [2.75, 3.05) is 13.6 Å². The predicted molar refractivity (Wildman–Crippen MR) is 88.2 cm³/mol. The summed E-state index contributed by atoms with van der Waals surface area (Å²) >= 11 is 1.73.